The molecule has 1 rings (SSSR count). The number of hydrogen-bond donors (Lipinski definition) is 2. The number of benzene rings is 1. The van der Waals surface area contributed by atoms with E-state index in [9.17, 15) is 4.79 Å². The van der Waals surface area contributed by atoms with Gasteiger partial charge in [0.25, 0.3) is 0 Å². The van der Waals surface area contributed by atoms with Crippen molar-refractivity contribution in [2.45, 2.75) is 32.2 Å². The van der Waals surface area contributed by atoms with E-state index in [-0.39, 0.29) is 0 Å². The van der Waals surface area contributed by atoms with Crippen molar-refractivity contribution in [2.24, 2.45) is 5.73 Å². The lowest BCUT2D eigenvalue weighted by molar-refractivity contribution is -0.140. The first-order valence-corrected chi connectivity index (χ1v) is 5.44. The molecule has 0 radical (unpaired) electrons. The predicted octanol–water partition coefficient (Wildman–Crippen LogP) is 1.69. The summed E-state index contributed by atoms with van der Waals surface area (Å²) in [7, 11) is 1.58. The molecule has 0 aromatic heterocycles. The van der Waals surface area contributed by atoms with Crippen molar-refractivity contribution in [3.8, 4) is 5.75 Å². The van der Waals surface area contributed by atoms with Crippen LogP contribution in [0.2, 0.25) is 0 Å². The first-order chi connectivity index (χ1) is 7.82. The number of hydrogen-bond acceptors (Lipinski definition) is 3. The fraction of sp³-hybridized carbons (Fsp3) is 0.462. The van der Waals surface area contributed by atoms with Crippen LogP contribution in [0, 0.1) is 6.92 Å². The molecule has 0 aliphatic heterocycles. The van der Waals surface area contributed by atoms with Gasteiger partial charge in [-0.3, -0.25) is 4.79 Å². The van der Waals surface area contributed by atoms with Crippen molar-refractivity contribution in [2.75, 3.05) is 7.11 Å². The van der Waals surface area contributed by atoms with Crippen LogP contribution in [0.1, 0.15) is 25.0 Å². The molecule has 94 valence electrons. The quantitative estimate of drug-likeness (QED) is 0.836. The van der Waals surface area contributed by atoms with Crippen molar-refractivity contribution in [1.82, 2.24) is 0 Å². The van der Waals surface area contributed by atoms with Gasteiger partial charge in [0, 0.05) is 11.0 Å². The molecule has 0 amide bonds. The van der Waals surface area contributed by atoms with E-state index in [1.807, 2.05) is 39.0 Å². The fourth-order valence-corrected chi connectivity index (χ4v) is 1.91. The number of rotatable bonds is 4. The molecule has 1 aromatic carbocycles. The number of aliphatic carboxylic acids is 1. The van der Waals surface area contributed by atoms with Gasteiger partial charge in [-0.1, -0.05) is 32.0 Å². The lowest BCUT2D eigenvalue weighted by Crippen LogP contribution is -2.47. The molecule has 17 heavy (non-hydrogen) atoms. The van der Waals surface area contributed by atoms with Crippen molar-refractivity contribution >= 4 is 5.97 Å². The first kappa shape index (κ1) is 13.5. The highest BCUT2D eigenvalue weighted by molar-refractivity contribution is 5.76. The lowest BCUT2D eigenvalue weighted by atomic mass is 9.77. The van der Waals surface area contributed by atoms with E-state index in [0.717, 1.165) is 11.1 Å². The summed E-state index contributed by atoms with van der Waals surface area (Å²) in [5.74, 6) is -0.312. The number of ether oxygens (including phenoxy) is 1. The number of nitrogens with two attached hydrogens (primary N) is 1. The molecular weight excluding hydrogens is 218 g/mol. The van der Waals surface area contributed by atoms with E-state index >= 15 is 0 Å². The molecule has 4 nitrogen and oxygen atoms in total. The Labute approximate surface area is 101 Å². The van der Waals surface area contributed by atoms with E-state index in [0.29, 0.717) is 5.75 Å². The minimum absolute atomic E-state index is 0.691. The highest BCUT2D eigenvalue weighted by Gasteiger charge is 2.36. The Morgan fingerprint density at radius 3 is 2.53 bits per heavy atom. The summed E-state index contributed by atoms with van der Waals surface area (Å²) in [4.78, 5) is 11.0. The van der Waals surface area contributed by atoms with Gasteiger partial charge in [0.15, 0.2) is 0 Å². The molecule has 1 atom stereocenters. The molecule has 0 saturated heterocycles. The molecule has 0 bridgehead atoms. The molecular formula is C13H19NO3. The van der Waals surface area contributed by atoms with Gasteiger partial charge in [-0.15, -0.1) is 0 Å². The molecule has 0 aliphatic carbocycles. The summed E-state index contributed by atoms with van der Waals surface area (Å²) in [5.41, 5.74) is 6.84. The molecule has 4 heteroatoms. The minimum Gasteiger partial charge on any atom is -0.496 e. The Morgan fingerprint density at radius 2 is 2.06 bits per heavy atom. The molecule has 1 unspecified atom stereocenters. The molecule has 0 fully saturated rings. The monoisotopic (exact) mass is 237 g/mol. The number of carboxylic acids is 1. The van der Waals surface area contributed by atoms with Crippen LogP contribution in [0.4, 0.5) is 0 Å². The van der Waals surface area contributed by atoms with Crippen LogP contribution in [0.15, 0.2) is 18.2 Å². The van der Waals surface area contributed by atoms with Gasteiger partial charge in [0.2, 0.25) is 0 Å². The summed E-state index contributed by atoms with van der Waals surface area (Å²) >= 11 is 0. The van der Waals surface area contributed by atoms with Crippen LogP contribution < -0.4 is 10.5 Å². The van der Waals surface area contributed by atoms with Gasteiger partial charge in [-0.2, -0.15) is 0 Å². The van der Waals surface area contributed by atoms with Gasteiger partial charge in [0.05, 0.1) is 7.11 Å². The topological polar surface area (TPSA) is 72.5 Å². The van der Waals surface area contributed by atoms with E-state index in [2.05, 4.69) is 0 Å². The fourth-order valence-electron chi connectivity index (χ4n) is 1.91. The second kappa shape index (κ2) is 4.75. The maximum atomic E-state index is 11.0. The molecule has 0 heterocycles. The van der Waals surface area contributed by atoms with Crippen LogP contribution in [0.3, 0.4) is 0 Å². The van der Waals surface area contributed by atoms with Gasteiger partial charge >= 0.3 is 5.97 Å². The Morgan fingerprint density at radius 1 is 1.47 bits per heavy atom. The normalized spacial score (nSPS) is 13.2. The van der Waals surface area contributed by atoms with Crippen LogP contribution in [-0.2, 0) is 10.2 Å². The van der Waals surface area contributed by atoms with E-state index < -0.39 is 17.4 Å². The van der Waals surface area contributed by atoms with Crippen LogP contribution in [0.5, 0.6) is 5.75 Å². The maximum absolute atomic E-state index is 11.0. The molecule has 3 N–H and O–H groups in total. The molecule has 0 saturated carbocycles. The van der Waals surface area contributed by atoms with E-state index in [4.69, 9.17) is 15.6 Å². The van der Waals surface area contributed by atoms with Gasteiger partial charge in [-0.05, 0) is 12.5 Å². The average molecular weight is 237 g/mol. The highest BCUT2D eigenvalue weighted by Crippen LogP contribution is 2.35. The van der Waals surface area contributed by atoms with E-state index in [1.54, 1.807) is 7.11 Å². The van der Waals surface area contributed by atoms with Crippen molar-refractivity contribution in [3.63, 3.8) is 0 Å². The van der Waals surface area contributed by atoms with Crippen LogP contribution >= 0.6 is 0 Å². The third-order valence-corrected chi connectivity index (χ3v) is 3.15. The standard InChI is InChI=1S/C13H19NO3/c1-8-6-5-7-9(10(8)17-4)13(2,3)11(14)12(15)16/h5-7,11H,14H2,1-4H3,(H,15,16). The van der Waals surface area contributed by atoms with Gasteiger partial charge in [0.1, 0.15) is 11.8 Å². The summed E-state index contributed by atoms with van der Waals surface area (Å²) < 4.78 is 5.34. The largest absolute Gasteiger partial charge is 0.496 e. The van der Waals surface area contributed by atoms with Crippen LogP contribution in [0.25, 0.3) is 0 Å². The zero-order chi connectivity index (χ0) is 13.2. The lowest BCUT2D eigenvalue weighted by Gasteiger charge is -2.31. The number of carbonyl (C=O) groups is 1. The Hall–Kier alpha value is -1.55. The van der Waals surface area contributed by atoms with Crippen molar-refractivity contribution < 1.29 is 14.6 Å². The Bertz CT molecular complexity index is 427. The number of aryl methyl sites for hydroxylation is 1. The highest BCUT2D eigenvalue weighted by atomic mass is 16.5. The molecule has 0 aliphatic rings. The van der Waals surface area contributed by atoms with Crippen molar-refractivity contribution in [1.29, 1.82) is 0 Å². The van der Waals surface area contributed by atoms with Gasteiger partial charge in [-0.25, -0.2) is 0 Å². The Kier molecular flexibility index (Phi) is 3.78. The minimum atomic E-state index is -1.02. The van der Waals surface area contributed by atoms with Crippen LogP contribution in [-0.4, -0.2) is 24.2 Å². The maximum Gasteiger partial charge on any atom is 0.321 e. The zero-order valence-electron chi connectivity index (χ0n) is 10.7. The third-order valence-electron chi connectivity index (χ3n) is 3.15. The summed E-state index contributed by atoms with van der Waals surface area (Å²) in [6, 6.07) is 4.68. The first-order valence-electron chi connectivity index (χ1n) is 5.44. The second-order valence-corrected chi connectivity index (χ2v) is 4.69. The van der Waals surface area contributed by atoms with Gasteiger partial charge < -0.3 is 15.6 Å². The zero-order valence-corrected chi connectivity index (χ0v) is 10.7. The van der Waals surface area contributed by atoms with E-state index in [1.165, 1.54) is 0 Å². The summed E-state index contributed by atoms with van der Waals surface area (Å²) in [5, 5.41) is 9.05. The number of carboxylic acid groups (broad SMARTS) is 1. The van der Waals surface area contributed by atoms with Crippen molar-refractivity contribution in [3.05, 3.63) is 29.3 Å². The predicted molar refractivity (Wildman–Crippen MR) is 66.4 cm³/mol. The number of methoxy groups -OCH3 is 1. The number of para-hydroxylation sites is 1. The SMILES string of the molecule is COc1c(C)cccc1C(C)(C)C(N)C(=O)O. The smallest absolute Gasteiger partial charge is 0.321 e. The second-order valence-electron chi connectivity index (χ2n) is 4.69. The molecule has 1 aromatic rings. The Balaban J connectivity index is 3.32. The summed E-state index contributed by atoms with van der Waals surface area (Å²) in [6.45, 7) is 5.54. The third kappa shape index (κ3) is 2.42. The molecule has 0 spiro atoms. The average Bonchev–Trinajstić information content (AvgIpc) is 2.27. The summed E-state index contributed by atoms with van der Waals surface area (Å²) in [6.07, 6.45) is 0.